The van der Waals surface area contributed by atoms with E-state index in [1.54, 1.807) is 6.07 Å². The Kier molecular flexibility index (Phi) is 4.19. The smallest absolute Gasteiger partial charge is 0.306 e. The summed E-state index contributed by atoms with van der Waals surface area (Å²) in [7, 11) is 0. The van der Waals surface area contributed by atoms with Gasteiger partial charge in [-0.1, -0.05) is 15.9 Å². The van der Waals surface area contributed by atoms with E-state index in [1.807, 2.05) is 0 Å². The fourth-order valence-electron chi connectivity index (χ4n) is 2.27. The van der Waals surface area contributed by atoms with Crippen molar-refractivity contribution in [3.8, 4) is 0 Å². The lowest BCUT2D eigenvalue weighted by Gasteiger charge is -2.11. The van der Waals surface area contributed by atoms with Gasteiger partial charge in [-0.15, -0.1) is 0 Å². The van der Waals surface area contributed by atoms with E-state index < -0.39 is 17.7 Å². The Morgan fingerprint density at radius 2 is 2.00 bits per heavy atom. The van der Waals surface area contributed by atoms with Crippen molar-refractivity contribution < 1.29 is 19.1 Å². The fraction of sp³-hybridized carbons (Fsp3) is 0.385. The maximum absolute atomic E-state index is 13.6. The average Bonchev–Trinajstić information content (AvgIpc) is 2.82. The van der Waals surface area contributed by atoms with Crippen molar-refractivity contribution in [1.82, 2.24) is 0 Å². The Hall–Kier alpha value is -1.43. The summed E-state index contributed by atoms with van der Waals surface area (Å²) in [5.74, 6) is -2.53. The molecule has 1 aliphatic rings. The van der Waals surface area contributed by atoms with E-state index in [4.69, 9.17) is 5.11 Å². The minimum Gasteiger partial charge on any atom is -0.481 e. The zero-order valence-corrected chi connectivity index (χ0v) is 11.6. The Morgan fingerprint density at radius 1 is 1.32 bits per heavy atom. The molecular weight excluding hydrogens is 317 g/mol. The average molecular weight is 330 g/mol. The molecule has 1 aromatic carbocycles. The fourth-order valence-corrected chi connectivity index (χ4v) is 2.60. The van der Waals surface area contributed by atoms with Crippen LogP contribution < -0.4 is 5.32 Å². The highest BCUT2D eigenvalue weighted by molar-refractivity contribution is 9.10. The van der Waals surface area contributed by atoms with Gasteiger partial charge in [0.05, 0.1) is 11.6 Å². The van der Waals surface area contributed by atoms with Crippen LogP contribution in [0.4, 0.5) is 10.1 Å². The standard InChI is InChI=1S/C13H13BrFNO3/c14-9-3-4-11(10(15)6-9)16-12(17)7-1-2-8(5-7)13(18)19/h3-4,6-8H,1-2,5H2,(H,16,17)(H,18,19)/t7-,8+/m1/s1. The van der Waals surface area contributed by atoms with Crippen molar-refractivity contribution in [1.29, 1.82) is 0 Å². The summed E-state index contributed by atoms with van der Waals surface area (Å²) in [6.45, 7) is 0. The van der Waals surface area contributed by atoms with E-state index >= 15 is 0 Å². The van der Waals surface area contributed by atoms with E-state index in [9.17, 15) is 14.0 Å². The number of aliphatic carboxylic acids is 1. The summed E-state index contributed by atoms with van der Waals surface area (Å²) < 4.78 is 14.2. The minimum absolute atomic E-state index is 0.118. The van der Waals surface area contributed by atoms with Gasteiger partial charge in [0.1, 0.15) is 5.82 Å². The molecule has 0 bridgehead atoms. The second kappa shape index (κ2) is 5.69. The topological polar surface area (TPSA) is 66.4 Å². The molecule has 1 aromatic rings. The third-order valence-corrected chi connectivity index (χ3v) is 3.83. The number of hydrogen-bond acceptors (Lipinski definition) is 2. The number of amides is 1. The van der Waals surface area contributed by atoms with Crippen LogP contribution in [0.25, 0.3) is 0 Å². The maximum atomic E-state index is 13.6. The molecule has 0 unspecified atom stereocenters. The highest BCUT2D eigenvalue weighted by Gasteiger charge is 2.33. The molecule has 6 heteroatoms. The summed E-state index contributed by atoms with van der Waals surface area (Å²) in [5.41, 5.74) is 0.118. The van der Waals surface area contributed by atoms with Crippen LogP contribution in [0.5, 0.6) is 0 Å². The molecule has 1 amide bonds. The van der Waals surface area contributed by atoms with Crippen LogP contribution in [0, 0.1) is 17.7 Å². The third-order valence-electron chi connectivity index (χ3n) is 3.34. The first-order chi connectivity index (χ1) is 8.97. The number of carboxylic acid groups (broad SMARTS) is 1. The van der Waals surface area contributed by atoms with Crippen molar-refractivity contribution in [2.24, 2.45) is 11.8 Å². The maximum Gasteiger partial charge on any atom is 0.306 e. The number of hydrogen-bond donors (Lipinski definition) is 2. The van der Waals surface area contributed by atoms with Gasteiger partial charge >= 0.3 is 5.97 Å². The van der Waals surface area contributed by atoms with Gasteiger partial charge in [-0.25, -0.2) is 4.39 Å². The molecule has 1 fully saturated rings. The SMILES string of the molecule is O=C(O)[C@H]1CC[C@@H](C(=O)Nc2ccc(Br)cc2F)C1. The lowest BCUT2D eigenvalue weighted by molar-refractivity contribution is -0.141. The molecule has 0 spiro atoms. The van der Waals surface area contributed by atoms with Crippen molar-refractivity contribution >= 4 is 33.5 Å². The van der Waals surface area contributed by atoms with Crippen LogP contribution in [0.2, 0.25) is 0 Å². The molecule has 0 radical (unpaired) electrons. The summed E-state index contributed by atoms with van der Waals surface area (Å²) in [4.78, 5) is 22.8. The van der Waals surface area contributed by atoms with Crippen LogP contribution in [0.1, 0.15) is 19.3 Å². The molecule has 0 saturated heterocycles. The predicted octanol–water partition coefficient (Wildman–Crippen LogP) is 3.03. The lowest BCUT2D eigenvalue weighted by atomic mass is 10.0. The van der Waals surface area contributed by atoms with Crippen molar-refractivity contribution in [2.45, 2.75) is 19.3 Å². The van der Waals surface area contributed by atoms with E-state index in [0.717, 1.165) is 0 Å². The Bertz CT molecular complexity index is 521. The highest BCUT2D eigenvalue weighted by atomic mass is 79.9. The summed E-state index contributed by atoms with van der Waals surface area (Å²) in [6, 6.07) is 4.37. The van der Waals surface area contributed by atoms with Gasteiger partial charge in [0.25, 0.3) is 0 Å². The van der Waals surface area contributed by atoms with Gasteiger partial charge in [-0.3, -0.25) is 9.59 Å². The number of rotatable bonds is 3. The predicted molar refractivity (Wildman–Crippen MR) is 71.2 cm³/mol. The van der Waals surface area contributed by atoms with Gasteiger partial charge in [0.2, 0.25) is 5.91 Å². The first kappa shape index (κ1) is 14.0. The van der Waals surface area contributed by atoms with Crippen molar-refractivity contribution in [3.05, 3.63) is 28.5 Å². The van der Waals surface area contributed by atoms with Crippen LogP contribution in [-0.4, -0.2) is 17.0 Å². The number of carbonyl (C=O) groups excluding carboxylic acids is 1. The number of halogens is 2. The number of benzene rings is 1. The third kappa shape index (κ3) is 3.32. The molecule has 1 saturated carbocycles. The Labute approximate surface area is 118 Å². The summed E-state index contributed by atoms with van der Waals surface area (Å²) in [5, 5.41) is 11.4. The second-order valence-corrected chi connectivity index (χ2v) is 5.57. The number of carboxylic acids is 1. The van der Waals surface area contributed by atoms with Gasteiger partial charge < -0.3 is 10.4 Å². The van der Waals surface area contributed by atoms with Crippen LogP contribution in [0.15, 0.2) is 22.7 Å². The lowest BCUT2D eigenvalue weighted by Crippen LogP contribution is -2.22. The van der Waals surface area contributed by atoms with Crippen LogP contribution >= 0.6 is 15.9 Å². The van der Waals surface area contributed by atoms with Crippen LogP contribution in [0.3, 0.4) is 0 Å². The molecule has 2 atom stereocenters. The normalized spacial score (nSPS) is 22.2. The highest BCUT2D eigenvalue weighted by Crippen LogP contribution is 2.32. The monoisotopic (exact) mass is 329 g/mol. The molecule has 102 valence electrons. The van der Waals surface area contributed by atoms with Gasteiger partial charge in [-0.05, 0) is 37.5 Å². The molecule has 2 N–H and O–H groups in total. The van der Waals surface area contributed by atoms with Crippen molar-refractivity contribution in [3.63, 3.8) is 0 Å². The number of nitrogens with one attached hydrogen (secondary N) is 1. The Morgan fingerprint density at radius 3 is 2.58 bits per heavy atom. The van der Waals surface area contributed by atoms with E-state index in [1.165, 1.54) is 12.1 Å². The summed E-state index contributed by atoms with van der Waals surface area (Å²) >= 11 is 3.13. The molecule has 0 aromatic heterocycles. The Balaban J connectivity index is 2.00. The molecule has 2 rings (SSSR count). The van der Waals surface area contributed by atoms with E-state index in [-0.39, 0.29) is 17.5 Å². The minimum atomic E-state index is -0.870. The quantitative estimate of drug-likeness (QED) is 0.895. The molecule has 19 heavy (non-hydrogen) atoms. The van der Waals surface area contributed by atoms with E-state index in [2.05, 4.69) is 21.2 Å². The number of anilines is 1. The second-order valence-electron chi connectivity index (χ2n) is 4.66. The summed E-state index contributed by atoms with van der Waals surface area (Å²) in [6.07, 6.45) is 1.34. The molecule has 0 aliphatic heterocycles. The van der Waals surface area contributed by atoms with Crippen molar-refractivity contribution in [2.75, 3.05) is 5.32 Å². The largest absolute Gasteiger partial charge is 0.481 e. The molecule has 1 aliphatic carbocycles. The van der Waals surface area contributed by atoms with E-state index in [0.29, 0.717) is 23.7 Å². The first-order valence-corrected chi connectivity index (χ1v) is 6.75. The van der Waals surface area contributed by atoms with Crippen LogP contribution in [-0.2, 0) is 9.59 Å². The van der Waals surface area contributed by atoms with Gasteiger partial charge in [0, 0.05) is 10.4 Å². The zero-order chi connectivity index (χ0) is 14.0. The molecule has 0 heterocycles. The zero-order valence-electron chi connectivity index (χ0n) is 10.0. The van der Waals surface area contributed by atoms with Gasteiger partial charge in [0.15, 0.2) is 0 Å². The number of carbonyl (C=O) groups is 2. The molecular formula is C13H13BrFNO3. The first-order valence-electron chi connectivity index (χ1n) is 5.96. The molecule has 4 nitrogen and oxygen atoms in total. The van der Waals surface area contributed by atoms with Gasteiger partial charge in [-0.2, -0.15) is 0 Å².